The zero-order valence-corrected chi connectivity index (χ0v) is 15.1. The Hall–Kier alpha value is -1.55. The molecule has 132 valence electrons. The van der Waals surface area contributed by atoms with Gasteiger partial charge in [-0.15, -0.1) is 0 Å². The number of nitrogens with zero attached hydrogens (tertiary/aromatic N) is 1. The van der Waals surface area contributed by atoms with Crippen LogP contribution in [0.3, 0.4) is 0 Å². The van der Waals surface area contributed by atoms with Crippen molar-refractivity contribution in [3.8, 4) is 0 Å². The minimum absolute atomic E-state index is 0.00231. The highest BCUT2D eigenvalue weighted by atomic mass is 35.5. The maximum absolute atomic E-state index is 12.1. The van der Waals surface area contributed by atoms with Crippen LogP contribution in [-0.2, 0) is 16.0 Å². The maximum Gasteiger partial charge on any atom is 0.221 e. The molecule has 0 radical (unpaired) electrons. The summed E-state index contributed by atoms with van der Waals surface area (Å²) >= 11 is 5.98. The van der Waals surface area contributed by atoms with Gasteiger partial charge in [-0.05, 0) is 37.0 Å². The van der Waals surface area contributed by atoms with Gasteiger partial charge in [0.2, 0.25) is 11.8 Å². The molecule has 0 aliphatic heterocycles. The topological polar surface area (TPSA) is 49.4 Å². The second-order valence-corrected chi connectivity index (χ2v) is 6.97. The lowest BCUT2D eigenvalue weighted by molar-refractivity contribution is -0.129. The van der Waals surface area contributed by atoms with Crippen molar-refractivity contribution in [1.29, 1.82) is 0 Å². The standard InChI is InChI=1S/C19H27ClN2O2/c1-15(23)22(12-10-16-6-5-7-17(20)14-16)13-11-19(24)21-18-8-3-2-4-9-18/h5-7,14,18H,2-4,8-13H2,1H3,(H,21,24). The molecule has 4 nitrogen and oxygen atoms in total. The van der Waals surface area contributed by atoms with Crippen LogP contribution in [0.15, 0.2) is 24.3 Å². The van der Waals surface area contributed by atoms with Gasteiger partial charge in [-0.3, -0.25) is 9.59 Å². The Balaban J connectivity index is 1.76. The molecule has 2 amide bonds. The molecule has 0 unspecified atom stereocenters. The smallest absolute Gasteiger partial charge is 0.221 e. The molecule has 0 bridgehead atoms. The van der Waals surface area contributed by atoms with Crippen molar-refractivity contribution in [1.82, 2.24) is 10.2 Å². The van der Waals surface area contributed by atoms with Gasteiger partial charge in [0, 0.05) is 37.5 Å². The molecule has 1 aliphatic carbocycles. The normalized spacial score (nSPS) is 15.1. The first kappa shape index (κ1) is 18.8. The zero-order valence-electron chi connectivity index (χ0n) is 14.4. The third kappa shape index (κ3) is 6.52. The molecule has 1 aromatic rings. The van der Waals surface area contributed by atoms with Crippen LogP contribution in [0.1, 0.15) is 51.0 Å². The van der Waals surface area contributed by atoms with E-state index in [1.807, 2.05) is 24.3 Å². The molecule has 1 saturated carbocycles. The summed E-state index contributed by atoms with van der Waals surface area (Å²) in [5.74, 6) is 0.0541. The molecule has 0 atom stereocenters. The fourth-order valence-electron chi connectivity index (χ4n) is 3.17. The molecule has 1 aromatic carbocycles. The summed E-state index contributed by atoms with van der Waals surface area (Å²) in [6.07, 6.45) is 6.94. The Morgan fingerprint density at radius 2 is 1.96 bits per heavy atom. The predicted octanol–water partition coefficient (Wildman–Crippen LogP) is 3.57. The molecule has 1 aliphatic rings. The predicted molar refractivity (Wildman–Crippen MR) is 97.0 cm³/mol. The average molecular weight is 351 g/mol. The van der Waals surface area contributed by atoms with Crippen LogP contribution in [0.25, 0.3) is 0 Å². The summed E-state index contributed by atoms with van der Waals surface area (Å²) in [7, 11) is 0. The third-order valence-electron chi connectivity index (χ3n) is 4.58. The number of hydrogen-bond donors (Lipinski definition) is 1. The fraction of sp³-hybridized carbons (Fsp3) is 0.579. The molecule has 0 heterocycles. The van der Waals surface area contributed by atoms with Crippen molar-refractivity contribution in [3.05, 3.63) is 34.9 Å². The Kier molecular flexibility index (Phi) is 7.57. The molecule has 0 aromatic heterocycles. The molecule has 1 fully saturated rings. The summed E-state index contributed by atoms with van der Waals surface area (Å²) in [6.45, 7) is 2.62. The number of nitrogens with one attached hydrogen (secondary N) is 1. The maximum atomic E-state index is 12.1. The van der Waals surface area contributed by atoms with Crippen LogP contribution in [0.2, 0.25) is 5.02 Å². The number of hydrogen-bond acceptors (Lipinski definition) is 2. The molecular formula is C19H27ClN2O2. The molecular weight excluding hydrogens is 324 g/mol. The van der Waals surface area contributed by atoms with Gasteiger partial charge in [-0.2, -0.15) is 0 Å². The first-order chi connectivity index (χ1) is 11.5. The fourth-order valence-corrected chi connectivity index (χ4v) is 3.38. The van der Waals surface area contributed by atoms with Gasteiger partial charge >= 0.3 is 0 Å². The lowest BCUT2D eigenvalue weighted by Gasteiger charge is -2.24. The summed E-state index contributed by atoms with van der Waals surface area (Å²) in [4.78, 5) is 25.6. The number of halogens is 1. The van der Waals surface area contributed by atoms with Crippen LogP contribution in [0.5, 0.6) is 0 Å². The van der Waals surface area contributed by atoms with Crippen LogP contribution >= 0.6 is 11.6 Å². The molecule has 0 spiro atoms. The second-order valence-electron chi connectivity index (χ2n) is 6.54. The quantitative estimate of drug-likeness (QED) is 0.817. The Morgan fingerprint density at radius 3 is 2.62 bits per heavy atom. The van der Waals surface area contributed by atoms with E-state index < -0.39 is 0 Å². The summed E-state index contributed by atoms with van der Waals surface area (Å²) < 4.78 is 0. The largest absolute Gasteiger partial charge is 0.353 e. The highest BCUT2D eigenvalue weighted by Crippen LogP contribution is 2.17. The molecule has 5 heteroatoms. The number of benzene rings is 1. The molecule has 1 N–H and O–H groups in total. The van der Waals surface area contributed by atoms with E-state index in [0.29, 0.717) is 30.6 Å². The lowest BCUT2D eigenvalue weighted by atomic mass is 9.95. The number of carbonyl (C=O) groups excluding carboxylic acids is 2. The highest BCUT2D eigenvalue weighted by molar-refractivity contribution is 6.30. The molecule has 2 rings (SSSR count). The van der Waals surface area contributed by atoms with E-state index in [1.165, 1.54) is 19.3 Å². The summed E-state index contributed by atoms with van der Waals surface area (Å²) in [6, 6.07) is 7.98. The van der Waals surface area contributed by atoms with Gasteiger partial charge < -0.3 is 10.2 Å². The van der Waals surface area contributed by atoms with Gasteiger partial charge in [-0.1, -0.05) is 43.0 Å². The van der Waals surface area contributed by atoms with Crippen molar-refractivity contribution in [3.63, 3.8) is 0 Å². The van der Waals surface area contributed by atoms with Crippen LogP contribution < -0.4 is 5.32 Å². The number of rotatable bonds is 7. The van der Waals surface area contributed by atoms with Crippen LogP contribution in [0.4, 0.5) is 0 Å². The van der Waals surface area contributed by atoms with Crippen molar-refractivity contribution in [2.45, 2.75) is 57.9 Å². The van der Waals surface area contributed by atoms with E-state index in [1.54, 1.807) is 11.8 Å². The van der Waals surface area contributed by atoms with Crippen LogP contribution in [-0.4, -0.2) is 35.8 Å². The highest BCUT2D eigenvalue weighted by Gasteiger charge is 2.17. The van der Waals surface area contributed by atoms with E-state index >= 15 is 0 Å². The first-order valence-corrected chi connectivity index (χ1v) is 9.21. The minimum atomic E-state index is 0.00231. The van der Waals surface area contributed by atoms with Crippen molar-refractivity contribution in [2.24, 2.45) is 0 Å². The van der Waals surface area contributed by atoms with E-state index in [9.17, 15) is 9.59 Å². The summed E-state index contributed by atoms with van der Waals surface area (Å²) in [5, 5.41) is 3.80. The van der Waals surface area contributed by atoms with E-state index in [2.05, 4.69) is 5.32 Å². The Morgan fingerprint density at radius 1 is 1.21 bits per heavy atom. The van der Waals surface area contributed by atoms with Crippen molar-refractivity contribution < 1.29 is 9.59 Å². The molecule has 24 heavy (non-hydrogen) atoms. The monoisotopic (exact) mass is 350 g/mol. The van der Waals surface area contributed by atoms with Gasteiger partial charge in [0.25, 0.3) is 0 Å². The zero-order chi connectivity index (χ0) is 17.4. The van der Waals surface area contributed by atoms with E-state index in [0.717, 1.165) is 24.8 Å². The average Bonchev–Trinajstić information content (AvgIpc) is 2.55. The van der Waals surface area contributed by atoms with Gasteiger partial charge in [-0.25, -0.2) is 0 Å². The third-order valence-corrected chi connectivity index (χ3v) is 4.82. The molecule has 0 saturated heterocycles. The van der Waals surface area contributed by atoms with Gasteiger partial charge in [0.1, 0.15) is 0 Å². The van der Waals surface area contributed by atoms with E-state index in [4.69, 9.17) is 11.6 Å². The van der Waals surface area contributed by atoms with Crippen LogP contribution in [0, 0.1) is 0 Å². The minimum Gasteiger partial charge on any atom is -0.353 e. The number of amides is 2. The summed E-state index contributed by atoms with van der Waals surface area (Å²) in [5.41, 5.74) is 1.10. The Labute approximate surface area is 149 Å². The van der Waals surface area contributed by atoms with Gasteiger partial charge in [0.05, 0.1) is 0 Å². The SMILES string of the molecule is CC(=O)N(CCC(=O)NC1CCCCC1)CCc1cccc(Cl)c1. The van der Waals surface area contributed by atoms with Crippen molar-refractivity contribution >= 4 is 23.4 Å². The number of carbonyl (C=O) groups is 2. The second kappa shape index (κ2) is 9.67. The van der Waals surface area contributed by atoms with E-state index in [-0.39, 0.29) is 11.8 Å². The lowest BCUT2D eigenvalue weighted by Crippen LogP contribution is -2.39. The van der Waals surface area contributed by atoms with Gasteiger partial charge in [0.15, 0.2) is 0 Å². The van der Waals surface area contributed by atoms with Crippen molar-refractivity contribution in [2.75, 3.05) is 13.1 Å². The Bertz CT molecular complexity index is 556. The first-order valence-electron chi connectivity index (χ1n) is 8.84.